The van der Waals surface area contributed by atoms with E-state index < -0.39 is 29.1 Å². The Morgan fingerprint density at radius 2 is 1.89 bits per heavy atom. The van der Waals surface area contributed by atoms with Crippen molar-refractivity contribution in [1.82, 2.24) is 20.0 Å². The zero-order chi connectivity index (χ0) is 20.1. The van der Waals surface area contributed by atoms with Gasteiger partial charge in [-0.3, -0.25) is 9.59 Å². The van der Waals surface area contributed by atoms with E-state index in [-0.39, 0.29) is 23.6 Å². The maximum atomic E-state index is 13.5. The molecule has 2 N–H and O–H groups in total. The predicted octanol–water partition coefficient (Wildman–Crippen LogP) is 2.76. The highest BCUT2D eigenvalue weighted by molar-refractivity contribution is 5.95. The first-order valence-electron chi connectivity index (χ1n) is 8.37. The predicted molar refractivity (Wildman–Crippen MR) is 93.3 cm³/mol. The summed E-state index contributed by atoms with van der Waals surface area (Å²) in [6.07, 6.45) is -4.68. The number of amides is 1. The van der Waals surface area contributed by atoms with Crippen LogP contribution in [0.5, 0.6) is 0 Å². The molecule has 1 amide bonds. The van der Waals surface area contributed by atoms with Crippen LogP contribution in [-0.4, -0.2) is 25.9 Å². The molecule has 3 aromatic rings. The molecule has 1 aromatic carbocycles. The molecule has 28 heavy (non-hydrogen) atoms. The lowest BCUT2D eigenvalue weighted by Gasteiger charge is -2.26. The summed E-state index contributed by atoms with van der Waals surface area (Å²) in [4.78, 5) is 23.5. The van der Waals surface area contributed by atoms with Crippen molar-refractivity contribution in [2.75, 3.05) is 5.32 Å². The molecule has 1 atom stereocenters. The number of H-pyrrole nitrogens is 1. The number of hydrogen-bond donors (Lipinski definition) is 2. The van der Waals surface area contributed by atoms with Gasteiger partial charge in [-0.2, -0.15) is 28.1 Å². The molecular formula is C18H14F3N5O2. The first kappa shape index (κ1) is 18.0. The maximum absolute atomic E-state index is 13.5. The van der Waals surface area contributed by atoms with E-state index >= 15 is 0 Å². The van der Waals surface area contributed by atoms with Crippen molar-refractivity contribution in [1.29, 1.82) is 0 Å². The number of nitrogens with zero attached hydrogens (tertiary/aromatic N) is 3. The largest absolute Gasteiger partial charge is 0.416 e. The summed E-state index contributed by atoms with van der Waals surface area (Å²) in [5.41, 5.74) is -0.227. The summed E-state index contributed by atoms with van der Waals surface area (Å²) in [5.74, 6) is -0.762. The van der Waals surface area contributed by atoms with E-state index in [9.17, 15) is 22.8 Å². The lowest BCUT2D eigenvalue weighted by atomic mass is 9.83. The molecule has 0 radical (unpaired) electrons. The fraction of sp³-hybridized carbons (Fsp3) is 0.222. The first-order valence-corrected chi connectivity index (χ1v) is 8.37. The first-order chi connectivity index (χ1) is 13.3. The Hall–Kier alpha value is -3.43. The molecule has 10 heteroatoms. The number of carbonyl (C=O) groups is 1. The van der Waals surface area contributed by atoms with Crippen LogP contribution in [0.25, 0.3) is 5.82 Å². The molecule has 0 saturated heterocycles. The van der Waals surface area contributed by atoms with E-state index in [0.717, 1.165) is 6.07 Å². The molecule has 0 unspecified atom stereocenters. The van der Waals surface area contributed by atoms with Crippen LogP contribution in [-0.2, 0) is 11.0 Å². The number of fused-ring (bicyclic) bond motifs is 1. The molecule has 7 nitrogen and oxygen atoms in total. The van der Waals surface area contributed by atoms with Gasteiger partial charge >= 0.3 is 6.18 Å². The molecule has 0 spiro atoms. The van der Waals surface area contributed by atoms with Crippen LogP contribution in [0, 0.1) is 6.92 Å². The van der Waals surface area contributed by atoms with Gasteiger partial charge in [-0.15, -0.1) is 0 Å². The van der Waals surface area contributed by atoms with Crippen LogP contribution in [0.4, 0.5) is 19.0 Å². The number of hydrogen-bond acceptors (Lipinski definition) is 4. The van der Waals surface area contributed by atoms with Crippen molar-refractivity contribution in [3.05, 3.63) is 69.1 Å². The third-order valence-electron chi connectivity index (χ3n) is 4.63. The summed E-state index contributed by atoms with van der Waals surface area (Å²) in [6.45, 7) is 1.65. The molecular weight excluding hydrogens is 375 g/mol. The van der Waals surface area contributed by atoms with E-state index in [2.05, 4.69) is 20.6 Å². The van der Waals surface area contributed by atoms with Gasteiger partial charge in [0.05, 0.1) is 11.3 Å². The molecule has 2 aromatic heterocycles. The van der Waals surface area contributed by atoms with Gasteiger partial charge in [0.25, 0.3) is 5.56 Å². The third kappa shape index (κ3) is 2.96. The smallest absolute Gasteiger partial charge is 0.310 e. The highest BCUT2D eigenvalue weighted by Crippen LogP contribution is 2.44. The van der Waals surface area contributed by atoms with Crippen LogP contribution >= 0.6 is 0 Å². The van der Waals surface area contributed by atoms with E-state index in [0.29, 0.717) is 11.3 Å². The number of anilines is 1. The van der Waals surface area contributed by atoms with E-state index in [1.54, 1.807) is 6.92 Å². The van der Waals surface area contributed by atoms with Gasteiger partial charge in [0.15, 0.2) is 5.82 Å². The lowest BCUT2D eigenvalue weighted by molar-refractivity contribution is -0.138. The number of carbonyl (C=O) groups excluding carboxylic acids is 1. The summed E-state index contributed by atoms with van der Waals surface area (Å²) in [5, 5.41) is 13.1. The molecule has 0 aliphatic carbocycles. The Kier molecular flexibility index (Phi) is 4.06. The molecule has 0 saturated carbocycles. The van der Waals surface area contributed by atoms with Crippen LogP contribution in [0.2, 0.25) is 0 Å². The minimum absolute atomic E-state index is 0.0168. The normalized spacial score (nSPS) is 16.6. The standard InChI is InChI=1S/C18H14F3N5O2/c1-9-16-11(10-4-2-3-5-12(10)18(19,20)21)8-15(28)22-17(16)26(25-9)13-6-7-14(27)24-23-13/h2-7,11H,8H2,1H3,(H,22,28)(H,24,27)/t11-/m0/s1. The average Bonchev–Trinajstić information content (AvgIpc) is 2.97. The van der Waals surface area contributed by atoms with Crippen molar-refractivity contribution < 1.29 is 18.0 Å². The van der Waals surface area contributed by atoms with E-state index in [1.807, 2.05) is 0 Å². The molecule has 0 bridgehead atoms. The van der Waals surface area contributed by atoms with E-state index in [1.165, 1.54) is 35.0 Å². The highest BCUT2D eigenvalue weighted by Gasteiger charge is 2.39. The van der Waals surface area contributed by atoms with Gasteiger partial charge in [0.2, 0.25) is 5.91 Å². The van der Waals surface area contributed by atoms with Crippen molar-refractivity contribution >= 4 is 11.7 Å². The quantitative estimate of drug-likeness (QED) is 0.705. The van der Waals surface area contributed by atoms with Crippen LogP contribution in [0.3, 0.4) is 0 Å². The lowest BCUT2D eigenvalue weighted by Crippen LogP contribution is -2.26. The van der Waals surface area contributed by atoms with Gasteiger partial charge in [0, 0.05) is 24.0 Å². The minimum Gasteiger partial charge on any atom is -0.310 e. The molecule has 3 heterocycles. The van der Waals surface area contributed by atoms with Gasteiger partial charge in [0.1, 0.15) is 5.82 Å². The van der Waals surface area contributed by atoms with Crippen LogP contribution in [0.1, 0.15) is 34.7 Å². The average molecular weight is 389 g/mol. The zero-order valence-corrected chi connectivity index (χ0v) is 14.5. The fourth-order valence-electron chi connectivity index (χ4n) is 3.49. The molecule has 4 rings (SSSR count). The van der Waals surface area contributed by atoms with Crippen molar-refractivity contribution in [2.24, 2.45) is 0 Å². The highest BCUT2D eigenvalue weighted by atomic mass is 19.4. The Balaban J connectivity index is 1.91. The van der Waals surface area contributed by atoms with Gasteiger partial charge in [-0.05, 0) is 24.6 Å². The van der Waals surface area contributed by atoms with Crippen molar-refractivity contribution in [3.8, 4) is 5.82 Å². The van der Waals surface area contributed by atoms with Crippen molar-refractivity contribution in [2.45, 2.75) is 25.4 Å². The van der Waals surface area contributed by atoms with Crippen molar-refractivity contribution in [3.63, 3.8) is 0 Å². The molecule has 144 valence electrons. The number of nitrogens with one attached hydrogen (secondary N) is 2. The number of aryl methyl sites for hydroxylation is 1. The monoisotopic (exact) mass is 389 g/mol. The Bertz CT molecular complexity index is 1110. The van der Waals surface area contributed by atoms with Crippen LogP contribution < -0.4 is 10.9 Å². The summed E-state index contributed by atoms with van der Waals surface area (Å²) >= 11 is 0. The number of alkyl halides is 3. The second-order valence-electron chi connectivity index (χ2n) is 6.43. The third-order valence-corrected chi connectivity index (χ3v) is 4.63. The number of aromatic amines is 1. The Morgan fingerprint density at radius 3 is 2.57 bits per heavy atom. The second-order valence-corrected chi connectivity index (χ2v) is 6.43. The Morgan fingerprint density at radius 1 is 1.14 bits per heavy atom. The maximum Gasteiger partial charge on any atom is 0.416 e. The topological polar surface area (TPSA) is 92.7 Å². The Labute approximate surface area is 156 Å². The van der Waals surface area contributed by atoms with Gasteiger partial charge in [-0.1, -0.05) is 18.2 Å². The minimum atomic E-state index is -4.55. The summed E-state index contributed by atoms with van der Waals surface area (Å²) < 4.78 is 41.9. The zero-order valence-electron chi connectivity index (χ0n) is 14.5. The number of benzene rings is 1. The summed E-state index contributed by atoms with van der Waals surface area (Å²) in [7, 11) is 0. The SMILES string of the molecule is Cc1nn(-c2ccc(=O)[nH]n2)c2c1[C@H](c1ccccc1C(F)(F)F)CC(=O)N2. The molecule has 0 fully saturated rings. The fourth-order valence-corrected chi connectivity index (χ4v) is 3.49. The molecule has 1 aliphatic heterocycles. The van der Waals surface area contributed by atoms with Gasteiger partial charge in [-0.25, -0.2) is 5.10 Å². The van der Waals surface area contributed by atoms with Crippen LogP contribution in [0.15, 0.2) is 41.2 Å². The second kappa shape index (κ2) is 6.32. The van der Waals surface area contributed by atoms with Gasteiger partial charge < -0.3 is 5.32 Å². The number of aromatic nitrogens is 4. The number of rotatable bonds is 2. The van der Waals surface area contributed by atoms with E-state index in [4.69, 9.17) is 0 Å². The molecule has 1 aliphatic rings. The summed E-state index contributed by atoms with van der Waals surface area (Å²) in [6, 6.07) is 7.87. The number of halogens is 3.